The van der Waals surface area contributed by atoms with Crippen molar-refractivity contribution in [3.63, 3.8) is 0 Å². The van der Waals surface area contributed by atoms with Gasteiger partial charge in [-0.3, -0.25) is 0 Å². The van der Waals surface area contributed by atoms with Gasteiger partial charge in [0.25, 0.3) is 0 Å². The summed E-state index contributed by atoms with van der Waals surface area (Å²) in [4.78, 5) is 0. The van der Waals surface area contributed by atoms with Crippen molar-refractivity contribution >= 4 is 22.6 Å². The van der Waals surface area contributed by atoms with Crippen LogP contribution in [0.2, 0.25) is 5.02 Å². The van der Waals surface area contributed by atoms with Crippen LogP contribution in [0.15, 0.2) is 52.9 Å². The molecule has 3 rings (SSSR count). The fourth-order valence-electron chi connectivity index (χ4n) is 1.86. The van der Waals surface area contributed by atoms with Crippen LogP contribution < -0.4 is 4.74 Å². The molecule has 96 valence electrons. The van der Waals surface area contributed by atoms with Gasteiger partial charge in [-0.15, -0.1) is 0 Å². The predicted octanol–water partition coefficient (Wildman–Crippen LogP) is 4.80. The van der Waals surface area contributed by atoms with Crippen molar-refractivity contribution in [2.45, 2.75) is 6.61 Å². The second-order valence-corrected chi connectivity index (χ2v) is 4.49. The number of fused-ring (bicyclic) bond motifs is 1. The summed E-state index contributed by atoms with van der Waals surface area (Å²) in [5.74, 6) is 0.414. The molecule has 0 radical (unpaired) electrons. The SMILES string of the molecule is Fc1ccccc1OCc1cc2c(Cl)cccc2o1. The van der Waals surface area contributed by atoms with E-state index < -0.39 is 5.82 Å². The van der Waals surface area contributed by atoms with E-state index in [0.29, 0.717) is 16.4 Å². The minimum atomic E-state index is -0.392. The Morgan fingerprint density at radius 1 is 1.11 bits per heavy atom. The normalized spacial score (nSPS) is 10.8. The van der Waals surface area contributed by atoms with E-state index in [2.05, 4.69) is 0 Å². The first-order chi connectivity index (χ1) is 9.24. The van der Waals surface area contributed by atoms with Gasteiger partial charge in [0.05, 0.1) is 5.02 Å². The zero-order valence-corrected chi connectivity index (χ0v) is 10.7. The summed E-state index contributed by atoms with van der Waals surface area (Å²) in [6.45, 7) is 0.159. The van der Waals surface area contributed by atoms with Gasteiger partial charge >= 0.3 is 0 Å². The molecule has 0 atom stereocenters. The zero-order valence-electron chi connectivity index (χ0n) is 9.90. The molecule has 0 saturated heterocycles. The summed E-state index contributed by atoms with van der Waals surface area (Å²) in [5.41, 5.74) is 0.694. The van der Waals surface area contributed by atoms with Gasteiger partial charge < -0.3 is 9.15 Å². The van der Waals surface area contributed by atoms with Crippen molar-refractivity contribution in [1.82, 2.24) is 0 Å². The maximum absolute atomic E-state index is 13.4. The molecule has 0 aliphatic heterocycles. The molecule has 0 N–H and O–H groups in total. The van der Waals surface area contributed by atoms with E-state index in [-0.39, 0.29) is 12.4 Å². The Labute approximate surface area is 114 Å². The van der Waals surface area contributed by atoms with Gasteiger partial charge in [0.1, 0.15) is 18.0 Å². The highest BCUT2D eigenvalue weighted by Gasteiger charge is 2.08. The highest BCUT2D eigenvalue weighted by molar-refractivity contribution is 6.35. The van der Waals surface area contributed by atoms with Gasteiger partial charge in [0, 0.05) is 5.39 Å². The Kier molecular flexibility index (Phi) is 3.13. The molecular formula is C15H10ClFO2. The molecule has 0 unspecified atom stereocenters. The molecule has 0 amide bonds. The molecule has 3 aromatic rings. The largest absolute Gasteiger partial charge is 0.483 e. The van der Waals surface area contributed by atoms with E-state index >= 15 is 0 Å². The molecule has 0 saturated carbocycles. The lowest BCUT2D eigenvalue weighted by Gasteiger charge is -2.04. The van der Waals surface area contributed by atoms with Crippen molar-refractivity contribution < 1.29 is 13.5 Å². The van der Waals surface area contributed by atoms with Gasteiger partial charge in [-0.25, -0.2) is 4.39 Å². The lowest BCUT2D eigenvalue weighted by molar-refractivity contribution is 0.262. The minimum absolute atomic E-state index is 0.159. The number of rotatable bonds is 3. The van der Waals surface area contributed by atoms with Crippen LogP contribution in [0.5, 0.6) is 5.75 Å². The van der Waals surface area contributed by atoms with E-state index in [4.69, 9.17) is 20.8 Å². The molecule has 0 aliphatic rings. The molecule has 0 spiro atoms. The van der Waals surface area contributed by atoms with Crippen molar-refractivity contribution in [2.75, 3.05) is 0 Å². The number of hydrogen-bond acceptors (Lipinski definition) is 2. The monoisotopic (exact) mass is 276 g/mol. The van der Waals surface area contributed by atoms with Gasteiger partial charge in [-0.2, -0.15) is 0 Å². The fourth-order valence-corrected chi connectivity index (χ4v) is 2.08. The summed E-state index contributed by atoms with van der Waals surface area (Å²) in [6, 6.07) is 13.5. The number of benzene rings is 2. The summed E-state index contributed by atoms with van der Waals surface area (Å²) < 4.78 is 24.3. The first-order valence-corrected chi connectivity index (χ1v) is 6.16. The van der Waals surface area contributed by atoms with Crippen LogP contribution in [0, 0.1) is 5.82 Å². The summed E-state index contributed by atoms with van der Waals surface area (Å²) >= 11 is 6.05. The Hall–Kier alpha value is -2.00. The van der Waals surface area contributed by atoms with Crippen molar-refractivity contribution in [1.29, 1.82) is 0 Å². The van der Waals surface area contributed by atoms with Crippen LogP contribution in [0.25, 0.3) is 11.0 Å². The minimum Gasteiger partial charge on any atom is -0.483 e. The lowest BCUT2D eigenvalue weighted by Crippen LogP contribution is -1.95. The van der Waals surface area contributed by atoms with Crippen LogP contribution in [-0.2, 0) is 6.61 Å². The standard InChI is InChI=1S/C15H10ClFO2/c16-12-4-3-7-14-11(12)8-10(19-14)9-18-15-6-2-1-5-13(15)17/h1-8H,9H2. The zero-order chi connectivity index (χ0) is 13.2. The number of hydrogen-bond donors (Lipinski definition) is 0. The highest BCUT2D eigenvalue weighted by atomic mass is 35.5. The lowest BCUT2D eigenvalue weighted by atomic mass is 10.2. The second kappa shape index (κ2) is 4.94. The first-order valence-electron chi connectivity index (χ1n) is 5.78. The topological polar surface area (TPSA) is 22.4 Å². The van der Waals surface area contributed by atoms with Crippen LogP contribution in [0.4, 0.5) is 4.39 Å². The summed E-state index contributed by atoms with van der Waals surface area (Å²) in [5, 5.41) is 1.45. The van der Waals surface area contributed by atoms with Gasteiger partial charge in [-0.1, -0.05) is 29.8 Å². The molecular weight excluding hydrogens is 267 g/mol. The average molecular weight is 277 g/mol. The van der Waals surface area contributed by atoms with Crippen LogP contribution in [0.3, 0.4) is 0 Å². The summed E-state index contributed by atoms with van der Waals surface area (Å²) in [6.07, 6.45) is 0. The Balaban J connectivity index is 1.83. The van der Waals surface area contributed by atoms with E-state index in [9.17, 15) is 4.39 Å². The average Bonchev–Trinajstić information content (AvgIpc) is 2.82. The van der Waals surface area contributed by atoms with Crippen molar-refractivity contribution in [3.8, 4) is 5.75 Å². The highest BCUT2D eigenvalue weighted by Crippen LogP contribution is 2.27. The fraction of sp³-hybridized carbons (Fsp3) is 0.0667. The van der Waals surface area contributed by atoms with E-state index in [0.717, 1.165) is 5.39 Å². The van der Waals surface area contributed by atoms with Crippen molar-refractivity contribution in [2.24, 2.45) is 0 Å². The van der Waals surface area contributed by atoms with Crippen LogP contribution >= 0.6 is 11.6 Å². The van der Waals surface area contributed by atoms with Gasteiger partial charge in [-0.05, 0) is 30.3 Å². The Morgan fingerprint density at radius 3 is 2.74 bits per heavy atom. The summed E-state index contributed by atoms with van der Waals surface area (Å²) in [7, 11) is 0. The Morgan fingerprint density at radius 2 is 1.95 bits per heavy atom. The number of para-hydroxylation sites is 1. The molecule has 0 aliphatic carbocycles. The third-order valence-corrected chi connectivity index (χ3v) is 3.10. The molecule has 1 aromatic heterocycles. The molecule has 0 fully saturated rings. The van der Waals surface area contributed by atoms with Gasteiger partial charge in [0.15, 0.2) is 11.6 Å². The molecule has 0 bridgehead atoms. The molecule has 4 heteroatoms. The molecule has 2 nitrogen and oxygen atoms in total. The van der Waals surface area contributed by atoms with Crippen LogP contribution in [0.1, 0.15) is 5.76 Å². The number of furan rings is 1. The van der Waals surface area contributed by atoms with E-state index in [1.807, 2.05) is 12.1 Å². The van der Waals surface area contributed by atoms with Crippen LogP contribution in [-0.4, -0.2) is 0 Å². The molecule has 1 heterocycles. The number of ether oxygens (including phenoxy) is 1. The molecule has 19 heavy (non-hydrogen) atoms. The van der Waals surface area contributed by atoms with Gasteiger partial charge in [0.2, 0.25) is 0 Å². The maximum atomic E-state index is 13.4. The number of halogens is 2. The van der Waals surface area contributed by atoms with Crippen molar-refractivity contribution in [3.05, 3.63) is 65.1 Å². The third-order valence-electron chi connectivity index (χ3n) is 2.77. The Bertz CT molecular complexity index is 721. The molecule has 2 aromatic carbocycles. The quantitative estimate of drug-likeness (QED) is 0.685. The predicted molar refractivity (Wildman–Crippen MR) is 72.0 cm³/mol. The third kappa shape index (κ3) is 2.42. The second-order valence-electron chi connectivity index (χ2n) is 4.08. The smallest absolute Gasteiger partial charge is 0.165 e. The first kappa shape index (κ1) is 12.1. The maximum Gasteiger partial charge on any atom is 0.165 e. The van der Waals surface area contributed by atoms with E-state index in [1.165, 1.54) is 6.07 Å². The van der Waals surface area contributed by atoms with E-state index in [1.54, 1.807) is 30.3 Å².